The van der Waals surface area contributed by atoms with E-state index in [1.165, 1.54) is 13.8 Å². The summed E-state index contributed by atoms with van der Waals surface area (Å²) in [5, 5.41) is 21.9. The molecule has 0 heterocycles. The first kappa shape index (κ1) is 15.5. The summed E-state index contributed by atoms with van der Waals surface area (Å²) in [5.41, 5.74) is -1.04. The van der Waals surface area contributed by atoms with Crippen LogP contribution in [-0.4, -0.2) is 27.9 Å². The van der Waals surface area contributed by atoms with Crippen molar-refractivity contribution in [3.05, 3.63) is 39.2 Å². The molecule has 8 heteroatoms. The molecular weight excluding hydrogens is 271 g/mol. The van der Waals surface area contributed by atoms with Gasteiger partial charge in [-0.05, 0) is 25.5 Å². The molecule has 1 aromatic carbocycles. The maximum atomic E-state index is 13.3. The predicted molar refractivity (Wildman–Crippen MR) is 67.0 cm³/mol. The Balaban J connectivity index is 3.21. The highest BCUT2D eigenvalue weighted by molar-refractivity contribution is 6.00. The summed E-state index contributed by atoms with van der Waals surface area (Å²) in [4.78, 5) is 32.9. The van der Waals surface area contributed by atoms with E-state index in [4.69, 9.17) is 5.11 Å². The molecule has 20 heavy (non-hydrogen) atoms. The average Bonchev–Trinajstić information content (AvgIpc) is 2.33. The van der Waals surface area contributed by atoms with E-state index in [1.807, 2.05) is 0 Å². The van der Waals surface area contributed by atoms with Crippen molar-refractivity contribution in [3.8, 4) is 0 Å². The smallest absolute Gasteiger partial charge is 0.326 e. The molecule has 0 aliphatic heterocycles. The quantitative estimate of drug-likeness (QED) is 0.631. The zero-order valence-electron chi connectivity index (χ0n) is 10.8. The molecule has 0 saturated carbocycles. The summed E-state index contributed by atoms with van der Waals surface area (Å²) in [6, 6.07) is 0.462. The second-order valence-electron chi connectivity index (χ2n) is 4.15. The minimum atomic E-state index is -1.27. The van der Waals surface area contributed by atoms with E-state index < -0.39 is 39.9 Å². The molecule has 7 nitrogen and oxygen atoms in total. The number of nitro benzene ring substituents is 1. The third-order valence-corrected chi connectivity index (χ3v) is 2.70. The van der Waals surface area contributed by atoms with Crippen molar-refractivity contribution in [3.63, 3.8) is 0 Å². The van der Waals surface area contributed by atoms with E-state index in [2.05, 4.69) is 5.32 Å². The van der Waals surface area contributed by atoms with E-state index in [1.54, 1.807) is 0 Å². The molecule has 0 aliphatic carbocycles. The van der Waals surface area contributed by atoms with Crippen LogP contribution in [0.15, 0.2) is 12.1 Å². The van der Waals surface area contributed by atoms with E-state index in [9.17, 15) is 24.1 Å². The molecule has 1 aromatic rings. The van der Waals surface area contributed by atoms with Crippen LogP contribution in [0.25, 0.3) is 0 Å². The summed E-state index contributed by atoms with van der Waals surface area (Å²) in [6.07, 6.45) is 0.100. The third-order valence-electron chi connectivity index (χ3n) is 2.70. The average molecular weight is 284 g/mol. The molecule has 0 bridgehead atoms. The first-order valence-corrected chi connectivity index (χ1v) is 5.76. The summed E-state index contributed by atoms with van der Waals surface area (Å²) >= 11 is 0. The van der Waals surface area contributed by atoms with Gasteiger partial charge >= 0.3 is 5.97 Å². The van der Waals surface area contributed by atoms with Gasteiger partial charge in [-0.15, -0.1) is 0 Å². The topological polar surface area (TPSA) is 110 Å². The van der Waals surface area contributed by atoms with E-state index in [-0.39, 0.29) is 12.0 Å². The molecule has 1 unspecified atom stereocenters. The lowest BCUT2D eigenvalue weighted by Gasteiger charge is -2.13. The van der Waals surface area contributed by atoms with Crippen molar-refractivity contribution < 1.29 is 24.0 Å². The first-order chi connectivity index (χ1) is 9.27. The summed E-state index contributed by atoms with van der Waals surface area (Å²) < 4.78 is 13.3. The van der Waals surface area contributed by atoms with Crippen LogP contribution in [0.2, 0.25) is 0 Å². The van der Waals surface area contributed by atoms with Crippen molar-refractivity contribution in [1.29, 1.82) is 0 Å². The molecule has 0 radical (unpaired) electrons. The number of halogens is 1. The Morgan fingerprint density at radius 2 is 2.10 bits per heavy atom. The van der Waals surface area contributed by atoms with Crippen LogP contribution in [0.5, 0.6) is 0 Å². The summed E-state index contributed by atoms with van der Waals surface area (Å²) in [5.74, 6) is -3.06. The van der Waals surface area contributed by atoms with Crippen LogP contribution in [-0.2, 0) is 4.79 Å². The minimum absolute atomic E-state index is 0.0106. The Labute approximate surface area is 113 Å². The molecule has 1 amide bonds. The monoisotopic (exact) mass is 284 g/mol. The molecule has 0 fully saturated rings. The Bertz CT molecular complexity index is 573. The van der Waals surface area contributed by atoms with Crippen LogP contribution < -0.4 is 5.32 Å². The molecule has 0 saturated heterocycles. The Hall–Kier alpha value is -2.51. The zero-order valence-corrected chi connectivity index (χ0v) is 10.8. The van der Waals surface area contributed by atoms with E-state index >= 15 is 0 Å². The van der Waals surface area contributed by atoms with Gasteiger partial charge < -0.3 is 10.4 Å². The van der Waals surface area contributed by atoms with Crippen LogP contribution in [0.1, 0.15) is 29.3 Å². The van der Waals surface area contributed by atoms with Gasteiger partial charge in [-0.2, -0.15) is 0 Å². The second kappa shape index (κ2) is 6.09. The van der Waals surface area contributed by atoms with Gasteiger partial charge in [0.25, 0.3) is 11.6 Å². The molecule has 0 aromatic heterocycles. The van der Waals surface area contributed by atoms with Crippen LogP contribution in [0, 0.1) is 22.9 Å². The highest BCUT2D eigenvalue weighted by atomic mass is 19.1. The highest BCUT2D eigenvalue weighted by Crippen LogP contribution is 2.24. The lowest BCUT2D eigenvalue weighted by Crippen LogP contribution is -2.40. The number of carboxylic acids is 1. The van der Waals surface area contributed by atoms with Crippen molar-refractivity contribution in [2.75, 3.05) is 0 Å². The molecule has 2 N–H and O–H groups in total. The molecule has 1 rings (SSSR count). The van der Waals surface area contributed by atoms with Gasteiger partial charge in [-0.25, -0.2) is 9.18 Å². The Kier molecular flexibility index (Phi) is 4.73. The van der Waals surface area contributed by atoms with Gasteiger partial charge in [-0.3, -0.25) is 14.9 Å². The lowest BCUT2D eigenvalue weighted by molar-refractivity contribution is -0.385. The van der Waals surface area contributed by atoms with Crippen LogP contribution >= 0.6 is 0 Å². The van der Waals surface area contributed by atoms with Gasteiger partial charge in [0, 0.05) is 5.56 Å². The number of carbonyl (C=O) groups is 2. The number of aliphatic carboxylic acids is 1. The van der Waals surface area contributed by atoms with Crippen molar-refractivity contribution in [1.82, 2.24) is 5.32 Å². The minimum Gasteiger partial charge on any atom is -0.480 e. The van der Waals surface area contributed by atoms with Crippen LogP contribution in [0.4, 0.5) is 10.1 Å². The zero-order chi connectivity index (χ0) is 15.4. The molecule has 0 aliphatic rings. The van der Waals surface area contributed by atoms with Gasteiger partial charge in [0.15, 0.2) is 0 Å². The van der Waals surface area contributed by atoms with Crippen molar-refractivity contribution in [2.45, 2.75) is 26.3 Å². The van der Waals surface area contributed by atoms with Crippen LogP contribution in [0.3, 0.4) is 0 Å². The summed E-state index contributed by atoms with van der Waals surface area (Å²) in [7, 11) is 0. The first-order valence-electron chi connectivity index (χ1n) is 5.76. The molecular formula is C12H13FN2O5. The third kappa shape index (κ3) is 3.28. The number of benzene rings is 1. The fraction of sp³-hybridized carbons (Fsp3) is 0.333. The number of hydrogen-bond donors (Lipinski definition) is 2. The SMILES string of the molecule is CCC(NC(=O)c1cc(F)cc(C)c1[N+](=O)[O-])C(=O)O. The molecule has 108 valence electrons. The number of rotatable bonds is 5. The highest BCUT2D eigenvalue weighted by Gasteiger charge is 2.27. The van der Waals surface area contributed by atoms with Gasteiger partial charge in [0.1, 0.15) is 17.4 Å². The number of hydrogen-bond acceptors (Lipinski definition) is 4. The Morgan fingerprint density at radius 3 is 2.55 bits per heavy atom. The van der Waals surface area contributed by atoms with Gasteiger partial charge in [0.2, 0.25) is 0 Å². The lowest BCUT2D eigenvalue weighted by atomic mass is 10.1. The number of amides is 1. The Morgan fingerprint density at radius 1 is 1.50 bits per heavy atom. The largest absolute Gasteiger partial charge is 0.480 e. The number of nitrogens with one attached hydrogen (secondary N) is 1. The van der Waals surface area contributed by atoms with Crippen molar-refractivity contribution >= 4 is 17.6 Å². The maximum absolute atomic E-state index is 13.3. The normalized spacial score (nSPS) is 11.8. The second-order valence-corrected chi connectivity index (χ2v) is 4.15. The fourth-order valence-corrected chi connectivity index (χ4v) is 1.73. The number of aryl methyl sites for hydroxylation is 1. The predicted octanol–water partition coefficient (Wildman–Crippen LogP) is 1.64. The maximum Gasteiger partial charge on any atom is 0.326 e. The van der Waals surface area contributed by atoms with E-state index in [0.717, 1.165) is 12.1 Å². The summed E-state index contributed by atoms with van der Waals surface area (Å²) in [6.45, 7) is 2.83. The standard InChI is InChI=1S/C12H13FN2O5/c1-3-9(12(17)18)14-11(16)8-5-7(13)4-6(2)10(8)15(19)20/h4-5,9H,3H2,1-2H3,(H,14,16)(H,17,18). The number of nitrogens with zero attached hydrogens (tertiary/aromatic N) is 1. The number of nitro groups is 1. The van der Waals surface area contributed by atoms with E-state index in [0.29, 0.717) is 0 Å². The van der Waals surface area contributed by atoms with Crippen molar-refractivity contribution in [2.24, 2.45) is 0 Å². The molecule has 0 spiro atoms. The van der Waals surface area contributed by atoms with Gasteiger partial charge in [-0.1, -0.05) is 6.92 Å². The van der Waals surface area contributed by atoms with Gasteiger partial charge in [0.05, 0.1) is 4.92 Å². The number of carboxylic acid groups (broad SMARTS) is 1. The number of carbonyl (C=O) groups excluding carboxylic acids is 1. The fourth-order valence-electron chi connectivity index (χ4n) is 1.73. The molecule has 1 atom stereocenters.